The van der Waals surface area contributed by atoms with Crippen LogP contribution >= 0.6 is 31.9 Å². The van der Waals surface area contributed by atoms with Crippen molar-refractivity contribution in [3.8, 4) is 11.8 Å². The molecule has 0 bridgehead atoms. The molecule has 2 aromatic carbocycles. The summed E-state index contributed by atoms with van der Waals surface area (Å²) < 4.78 is 6.69. The molecule has 0 radical (unpaired) electrons. The third kappa shape index (κ3) is 4.25. The fourth-order valence-electron chi connectivity index (χ4n) is 2.08. The summed E-state index contributed by atoms with van der Waals surface area (Å²) in [6, 6.07) is 12.9. The average molecular weight is 450 g/mol. The van der Waals surface area contributed by atoms with E-state index in [0.29, 0.717) is 17.0 Å². The average Bonchev–Trinajstić information content (AvgIpc) is 2.54. The summed E-state index contributed by atoms with van der Waals surface area (Å²) in [6.45, 7) is 1.89. The summed E-state index contributed by atoms with van der Waals surface area (Å²) in [5.41, 5.74) is 2.33. The zero-order chi connectivity index (χ0) is 17.7. The number of carbonyl (C=O) groups is 1. The molecule has 1 amide bonds. The Morgan fingerprint density at radius 3 is 2.42 bits per heavy atom. The lowest BCUT2D eigenvalue weighted by Gasteiger charge is -2.09. The first-order valence-corrected chi connectivity index (χ1v) is 8.56. The van der Waals surface area contributed by atoms with Crippen LogP contribution in [0.1, 0.15) is 11.1 Å². The Bertz CT molecular complexity index is 831. The number of carbonyl (C=O) groups excluding carboxylic acids is 1. The molecule has 2 rings (SSSR count). The van der Waals surface area contributed by atoms with Crippen LogP contribution in [0, 0.1) is 18.3 Å². The summed E-state index contributed by atoms with van der Waals surface area (Å²) in [7, 11) is 1.57. The van der Waals surface area contributed by atoms with Gasteiger partial charge in [-0.05, 0) is 74.2 Å². The van der Waals surface area contributed by atoms with Gasteiger partial charge in [0.25, 0.3) is 5.91 Å². The van der Waals surface area contributed by atoms with Gasteiger partial charge in [0.1, 0.15) is 17.4 Å². The Morgan fingerprint density at radius 1 is 1.25 bits per heavy atom. The molecule has 2 aromatic rings. The van der Waals surface area contributed by atoms with E-state index in [-0.39, 0.29) is 5.57 Å². The van der Waals surface area contributed by atoms with Gasteiger partial charge in [0.2, 0.25) is 0 Å². The first kappa shape index (κ1) is 18.2. The number of nitrogens with zero attached hydrogens (tertiary/aromatic N) is 1. The highest BCUT2D eigenvalue weighted by Crippen LogP contribution is 2.35. The van der Waals surface area contributed by atoms with Crippen molar-refractivity contribution in [3.05, 3.63) is 62.0 Å². The third-order valence-corrected chi connectivity index (χ3v) is 4.47. The molecule has 0 saturated carbocycles. The van der Waals surface area contributed by atoms with E-state index in [1.165, 1.54) is 6.08 Å². The molecule has 122 valence electrons. The summed E-state index contributed by atoms with van der Waals surface area (Å²) >= 11 is 6.81. The van der Waals surface area contributed by atoms with Gasteiger partial charge in [-0.25, -0.2) is 0 Å². The van der Waals surface area contributed by atoms with Gasteiger partial charge >= 0.3 is 0 Å². The van der Waals surface area contributed by atoms with Crippen LogP contribution in [0.3, 0.4) is 0 Å². The number of ether oxygens (including phenoxy) is 1. The highest BCUT2D eigenvalue weighted by Gasteiger charge is 2.12. The number of anilines is 1. The molecule has 4 nitrogen and oxygen atoms in total. The monoisotopic (exact) mass is 448 g/mol. The molecule has 0 heterocycles. The Kier molecular flexibility index (Phi) is 6.18. The van der Waals surface area contributed by atoms with E-state index in [2.05, 4.69) is 37.2 Å². The zero-order valence-electron chi connectivity index (χ0n) is 13.1. The van der Waals surface area contributed by atoms with Crippen molar-refractivity contribution in [1.82, 2.24) is 0 Å². The second-order valence-electron chi connectivity index (χ2n) is 4.96. The second kappa shape index (κ2) is 8.13. The molecular weight excluding hydrogens is 436 g/mol. The number of methoxy groups -OCH3 is 1. The molecule has 24 heavy (non-hydrogen) atoms. The molecule has 0 aliphatic heterocycles. The molecule has 0 atom stereocenters. The van der Waals surface area contributed by atoms with E-state index in [1.54, 1.807) is 25.3 Å². The minimum atomic E-state index is -0.449. The van der Waals surface area contributed by atoms with Gasteiger partial charge in [-0.3, -0.25) is 4.79 Å². The lowest BCUT2D eigenvalue weighted by Crippen LogP contribution is -2.14. The second-order valence-corrected chi connectivity index (χ2v) is 6.67. The van der Waals surface area contributed by atoms with Crippen molar-refractivity contribution in [2.75, 3.05) is 12.4 Å². The Hall–Kier alpha value is -2.10. The number of amides is 1. The maximum Gasteiger partial charge on any atom is 0.266 e. The van der Waals surface area contributed by atoms with E-state index < -0.39 is 5.91 Å². The third-order valence-electron chi connectivity index (χ3n) is 3.29. The first-order valence-electron chi connectivity index (χ1n) is 6.98. The van der Waals surface area contributed by atoms with Crippen molar-refractivity contribution in [3.63, 3.8) is 0 Å². The number of rotatable bonds is 4. The van der Waals surface area contributed by atoms with Gasteiger partial charge in [-0.15, -0.1) is 0 Å². The van der Waals surface area contributed by atoms with E-state index >= 15 is 0 Å². The van der Waals surface area contributed by atoms with Gasteiger partial charge in [-0.1, -0.05) is 18.2 Å². The highest BCUT2D eigenvalue weighted by atomic mass is 79.9. The number of hydrogen-bond donors (Lipinski definition) is 1. The smallest absolute Gasteiger partial charge is 0.266 e. The van der Waals surface area contributed by atoms with Gasteiger partial charge < -0.3 is 10.1 Å². The van der Waals surface area contributed by atoms with Gasteiger partial charge in [0.15, 0.2) is 0 Å². The minimum absolute atomic E-state index is 0.0159. The number of aryl methyl sites for hydroxylation is 1. The molecular formula is C18H14Br2N2O2. The largest absolute Gasteiger partial charge is 0.494 e. The summed E-state index contributed by atoms with van der Waals surface area (Å²) in [4.78, 5) is 12.3. The van der Waals surface area contributed by atoms with E-state index in [0.717, 1.165) is 14.5 Å². The van der Waals surface area contributed by atoms with Crippen LogP contribution < -0.4 is 10.1 Å². The standard InChI is InChI=1S/C18H14Br2N2O2/c1-11-5-3-4-6-16(11)22-18(23)13(10-21)7-12-8-14(19)17(24-2)15(20)9-12/h3-9H,1-2H3,(H,22,23)/b13-7-. The van der Waals surface area contributed by atoms with Gasteiger partial charge in [-0.2, -0.15) is 5.26 Å². The summed E-state index contributed by atoms with van der Waals surface area (Å²) in [5.74, 6) is 0.199. The molecule has 0 aliphatic rings. The van der Waals surface area contributed by atoms with E-state index in [1.807, 2.05) is 31.2 Å². The summed E-state index contributed by atoms with van der Waals surface area (Å²) in [6.07, 6.45) is 1.53. The fourth-order valence-corrected chi connectivity index (χ4v) is 3.62. The Morgan fingerprint density at radius 2 is 1.88 bits per heavy atom. The maximum atomic E-state index is 12.3. The molecule has 0 aliphatic carbocycles. The number of nitrogens with one attached hydrogen (secondary N) is 1. The summed E-state index contributed by atoms with van der Waals surface area (Å²) in [5, 5.41) is 12.1. The van der Waals surface area contributed by atoms with Crippen molar-refractivity contribution < 1.29 is 9.53 Å². The zero-order valence-corrected chi connectivity index (χ0v) is 16.2. The van der Waals surface area contributed by atoms with Crippen LogP contribution in [-0.4, -0.2) is 13.0 Å². The predicted molar refractivity (Wildman–Crippen MR) is 102 cm³/mol. The Labute approximate surface area is 157 Å². The number of nitriles is 1. The molecule has 0 saturated heterocycles. The van der Waals surface area contributed by atoms with E-state index in [9.17, 15) is 10.1 Å². The SMILES string of the molecule is COc1c(Br)cc(/C=C(/C#N)C(=O)Nc2ccccc2C)cc1Br. The quantitative estimate of drug-likeness (QED) is 0.523. The first-order chi connectivity index (χ1) is 11.5. The van der Waals surface area contributed by atoms with Crippen LogP contribution in [0.2, 0.25) is 0 Å². The van der Waals surface area contributed by atoms with Crippen LogP contribution in [0.25, 0.3) is 6.08 Å². The van der Waals surface area contributed by atoms with Crippen molar-refractivity contribution in [2.24, 2.45) is 0 Å². The topological polar surface area (TPSA) is 62.1 Å². The Balaban J connectivity index is 2.31. The molecule has 1 N–H and O–H groups in total. The normalized spacial score (nSPS) is 10.9. The van der Waals surface area contributed by atoms with Crippen molar-refractivity contribution in [1.29, 1.82) is 5.26 Å². The predicted octanol–water partition coefficient (Wildman–Crippen LogP) is 5.07. The lowest BCUT2D eigenvalue weighted by molar-refractivity contribution is -0.112. The highest BCUT2D eigenvalue weighted by molar-refractivity contribution is 9.11. The molecule has 0 aromatic heterocycles. The molecule has 0 fully saturated rings. The van der Waals surface area contributed by atoms with Crippen molar-refractivity contribution in [2.45, 2.75) is 6.92 Å². The fraction of sp³-hybridized carbons (Fsp3) is 0.111. The number of para-hydroxylation sites is 1. The number of halogens is 2. The molecule has 6 heteroatoms. The van der Waals surface area contributed by atoms with Crippen LogP contribution in [0.5, 0.6) is 5.75 Å². The number of hydrogen-bond acceptors (Lipinski definition) is 3. The maximum absolute atomic E-state index is 12.3. The molecule has 0 unspecified atom stereocenters. The van der Waals surface area contributed by atoms with Crippen LogP contribution in [0.15, 0.2) is 50.9 Å². The molecule has 0 spiro atoms. The number of benzene rings is 2. The van der Waals surface area contributed by atoms with Gasteiger partial charge in [0.05, 0.1) is 16.1 Å². The lowest BCUT2D eigenvalue weighted by atomic mass is 10.1. The van der Waals surface area contributed by atoms with Crippen LogP contribution in [-0.2, 0) is 4.79 Å². The minimum Gasteiger partial charge on any atom is -0.494 e. The van der Waals surface area contributed by atoms with Crippen molar-refractivity contribution >= 4 is 49.5 Å². The van der Waals surface area contributed by atoms with E-state index in [4.69, 9.17) is 4.74 Å². The van der Waals surface area contributed by atoms with Crippen LogP contribution in [0.4, 0.5) is 5.69 Å². The van der Waals surface area contributed by atoms with Gasteiger partial charge in [0, 0.05) is 5.69 Å².